The molecule has 0 bridgehead atoms. The highest BCUT2D eigenvalue weighted by Crippen LogP contribution is 2.20. The monoisotopic (exact) mass is 407 g/mol. The van der Waals surface area contributed by atoms with Gasteiger partial charge in [-0.25, -0.2) is 0 Å². The average Bonchev–Trinajstić information content (AvgIpc) is 3.21. The third kappa shape index (κ3) is 5.54. The standard InChI is InChI=1S/C20H25N3O2S.ClH/c1-14(21)17-4-2-10-23(13-17)20(25)16-8-6-15(7-9-16)12-22-19(24)18-5-3-11-26-18;/h3,5-9,11,14,17H,2,4,10,12-13,21H2,1H3,(H,22,24);1H. The quantitative estimate of drug-likeness (QED) is 0.798. The van der Waals surface area contributed by atoms with Gasteiger partial charge in [0.25, 0.3) is 11.8 Å². The normalized spacial score (nSPS) is 17.7. The Morgan fingerprint density at radius 2 is 2.04 bits per heavy atom. The first-order valence-corrected chi connectivity index (χ1v) is 9.88. The zero-order valence-electron chi connectivity index (χ0n) is 15.4. The van der Waals surface area contributed by atoms with Crippen LogP contribution in [0.4, 0.5) is 0 Å². The van der Waals surface area contributed by atoms with Crippen LogP contribution in [0.2, 0.25) is 0 Å². The highest BCUT2D eigenvalue weighted by atomic mass is 35.5. The summed E-state index contributed by atoms with van der Waals surface area (Å²) in [5, 5.41) is 4.77. The number of hydrogen-bond acceptors (Lipinski definition) is 4. The highest BCUT2D eigenvalue weighted by molar-refractivity contribution is 7.12. The molecular formula is C20H26ClN3O2S. The Balaban J connectivity index is 0.00000261. The van der Waals surface area contributed by atoms with E-state index in [1.54, 1.807) is 6.07 Å². The van der Waals surface area contributed by atoms with E-state index in [9.17, 15) is 9.59 Å². The molecule has 2 atom stereocenters. The van der Waals surface area contributed by atoms with Crippen molar-refractivity contribution in [1.82, 2.24) is 10.2 Å². The van der Waals surface area contributed by atoms with E-state index < -0.39 is 0 Å². The van der Waals surface area contributed by atoms with Crippen LogP contribution in [0.5, 0.6) is 0 Å². The van der Waals surface area contributed by atoms with Crippen molar-refractivity contribution in [3.63, 3.8) is 0 Å². The predicted molar refractivity (Wildman–Crippen MR) is 111 cm³/mol. The second-order valence-corrected chi connectivity index (χ2v) is 7.82. The second kappa shape index (κ2) is 9.88. The Morgan fingerprint density at radius 3 is 2.67 bits per heavy atom. The van der Waals surface area contributed by atoms with Crippen LogP contribution in [0.1, 0.15) is 45.4 Å². The summed E-state index contributed by atoms with van der Waals surface area (Å²) in [4.78, 5) is 27.3. The molecule has 2 heterocycles. The maximum Gasteiger partial charge on any atom is 0.261 e. The molecule has 1 aliphatic heterocycles. The maximum atomic E-state index is 12.7. The fourth-order valence-corrected chi connectivity index (χ4v) is 3.89. The molecule has 7 heteroatoms. The Morgan fingerprint density at radius 1 is 1.30 bits per heavy atom. The summed E-state index contributed by atoms with van der Waals surface area (Å²) >= 11 is 1.42. The van der Waals surface area contributed by atoms with Gasteiger partial charge in [-0.15, -0.1) is 23.7 Å². The molecule has 146 valence electrons. The lowest BCUT2D eigenvalue weighted by Crippen LogP contribution is -2.45. The molecule has 1 aromatic carbocycles. The lowest BCUT2D eigenvalue weighted by Gasteiger charge is -2.34. The first kappa shape index (κ1) is 21.4. The minimum absolute atomic E-state index is 0. The van der Waals surface area contributed by atoms with Gasteiger partial charge in [-0.05, 0) is 54.8 Å². The van der Waals surface area contributed by atoms with Gasteiger partial charge in [0.1, 0.15) is 0 Å². The first-order valence-electron chi connectivity index (χ1n) is 9.00. The number of carbonyl (C=O) groups excluding carboxylic acids is 2. The van der Waals surface area contributed by atoms with Crippen LogP contribution < -0.4 is 11.1 Å². The SMILES string of the molecule is CC(N)C1CCCN(C(=O)c2ccc(CNC(=O)c3cccs3)cc2)C1.Cl. The molecule has 0 saturated carbocycles. The summed E-state index contributed by atoms with van der Waals surface area (Å²) in [5.41, 5.74) is 7.66. The smallest absolute Gasteiger partial charge is 0.261 e. The minimum atomic E-state index is -0.0737. The van der Waals surface area contributed by atoms with E-state index in [0.29, 0.717) is 22.9 Å². The van der Waals surface area contributed by atoms with E-state index in [2.05, 4.69) is 5.32 Å². The van der Waals surface area contributed by atoms with Crippen molar-refractivity contribution in [2.45, 2.75) is 32.4 Å². The Kier molecular flexibility index (Phi) is 7.83. The first-order chi connectivity index (χ1) is 12.5. The average molecular weight is 408 g/mol. The number of benzene rings is 1. The number of piperidine rings is 1. The van der Waals surface area contributed by atoms with Gasteiger partial charge in [0, 0.05) is 31.2 Å². The lowest BCUT2D eigenvalue weighted by molar-refractivity contribution is 0.0660. The van der Waals surface area contributed by atoms with Crippen LogP contribution in [0, 0.1) is 5.92 Å². The molecule has 1 fully saturated rings. The summed E-state index contributed by atoms with van der Waals surface area (Å²) in [6, 6.07) is 11.2. The fourth-order valence-electron chi connectivity index (χ4n) is 3.25. The molecule has 1 aromatic heterocycles. The van der Waals surface area contributed by atoms with E-state index in [4.69, 9.17) is 5.73 Å². The van der Waals surface area contributed by atoms with Crippen molar-refractivity contribution in [3.8, 4) is 0 Å². The van der Waals surface area contributed by atoms with Crippen molar-refractivity contribution in [3.05, 3.63) is 57.8 Å². The highest BCUT2D eigenvalue weighted by Gasteiger charge is 2.26. The number of amides is 2. The summed E-state index contributed by atoms with van der Waals surface area (Å²) in [6.07, 6.45) is 2.09. The molecule has 2 amide bonds. The van der Waals surface area contributed by atoms with Gasteiger partial charge < -0.3 is 16.0 Å². The fraction of sp³-hybridized carbons (Fsp3) is 0.400. The van der Waals surface area contributed by atoms with E-state index >= 15 is 0 Å². The van der Waals surface area contributed by atoms with E-state index in [-0.39, 0.29) is 30.3 Å². The van der Waals surface area contributed by atoms with Gasteiger partial charge in [0.15, 0.2) is 0 Å². The Hall–Kier alpha value is -1.89. The maximum absolute atomic E-state index is 12.7. The van der Waals surface area contributed by atoms with E-state index in [0.717, 1.165) is 31.5 Å². The molecule has 2 aromatic rings. The molecule has 2 unspecified atom stereocenters. The number of thiophene rings is 1. The third-order valence-electron chi connectivity index (χ3n) is 4.89. The van der Waals surface area contributed by atoms with E-state index in [1.165, 1.54) is 11.3 Å². The zero-order valence-corrected chi connectivity index (χ0v) is 17.0. The molecule has 3 N–H and O–H groups in total. The van der Waals surface area contributed by atoms with Gasteiger partial charge in [-0.2, -0.15) is 0 Å². The van der Waals surface area contributed by atoms with Crippen LogP contribution >= 0.6 is 23.7 Å². The van der Waals surface area contributed by atoms with Gasteiger partial charge in [-0.1, -0.05) is 18.2 Å². The molecule has 0 radical (unpaired) electrons. The number of nitrogens with one attached hydrogen (secondary N) is 1. The van der Waals surface area contributed by atoms with Crippen LogP contribution in [0.3, 0.4) is 0 Å². The Labute approximate surface area is 170 Å². The van der Waals surface area contributed by atoms with Crippen molar-refractivity contribution in [2.75, 3.05) is 13.1 Å². The number of carbonyl (C=O) groups is 2. The molecule has 5 nitrogen and oxygen atoms in total. The number of likely N-dealkylation sites (tertiary alicyclic amines) is 1. The predicted octanol–water partition coefficient (Wildman–Crippen LogP) is 3.30. The number of halogens is 1. The second-order valence-electron chi connectivity index (χ2n) is 6.87. The third-order valence-corrected chi connectivity index (χ3v) is 5.76. The van der Waals surface area contributed by atoms with Crippen LogP contribution in [0.25, 0.3) is 0 Å². The topological polar surface area (TPSA) is 75.4 Å². The number of nitrogens with zero attached hydrogens (tertiary/aromatic N) is 1. The molecule has 27 heavy (non-hydrogen) atoms. The van der Waals surface area contributed by atoms with Gasteiger partial charge in [0.2, 0.25) is 0 Å². The molecular weight excluding hydrogens is 382 g/mol. The Bertz CT molecular complexity index is 747. The van der Waals surface area contributed by atoms with Crippen molar-refractivity contribution >= 4 is 35.6 Å². The number of rotatable bonds is 5. The van der Waals surface area contributed by atoms with Crippen molar-refractivity contribution in [2.24, 2.45) is 11.7 Å². The molecule has 1 aliphatic rings. The van der Waals surface area contributed by atoms with E-state index in [1.807, 2.05) is 47.5 Å². The van der Waals surface area contributed by atoms with Crippen molar-refractivity contribution < 1.29 is 9.59 Å². The largest absolute Gasteiger partial charge is 0.347 e. The lowest BCUT2D eigenvalue weighted by atomic mass is 9.92. The van der Waals surface area contributed by atoms with Gasteiger partial charge >= 0.3 is 0 Å². The molecule has 1 saturated heterocycles. The van der Waals surface area contributed by atoms with Crippen molar-refractivity contribution in [1.29, 1.82) is 0 Å². The summed E-state index contributed by atoms with van der Waals surface area (Å²) in [6.45, 7) is 3.98. The summed E-state index contributed by atoms with van der Waals surface area (Å²) < 4.78 is 0. The summed E-state index contributed by atoms with van der Waals surface area (Å²) in [5.74, 6) is 0.361. The number of nitrogens with two attached hydrogens (primary N) is 1. The molecule has 3 rings (SSSR count). The molecule has 0 spiro atoms. The number of hydrogen-bond donors (Lipinski definition) is 2. The van der Waals surface area contributed by atoms with Gasteiger partial charge in [-0.3, -0.25) is 9.59 Å². The zero-order chi connectivity index (χ0) is 18.5. The van der Waals surface area contributed by atoms with Gasteiger partial charge in [0.05, 0.1) is 4.88 Å². The minimum Gasteiger partial charge on any atom is -0.347 e. The summed E-state index contributed by atoms with van der Waals surface area (Å²) in [7, 11) is 0. The van der Waals surface area contributed by atoms with Crippen LogP contribution in [-0.4, -0.2) is 35.8 Å². The molecule has 0 aliphatic carbocycles. The van der Waals surface area contributed by atoms with Crippen LogP contribution in [0.15, 0.2) is 41.8 Å². The van der Waals surface area contributed by atoms with Crippen LogP contribution in [-0.2, 0) is 6.54 Å².